The number of hydrogen-bond acceptors (Lipinski definition) is 3. The summed E-state index contributed by atoms with van der Waals surface area (Å²) in [5, 5.41) is 2.85. The fraction of sp³-hybridized carbons (Fsp3) is 0.471. The van der Waals surface area contributed by atoms with Crippen molar-refractivity contribution in [3.8, 4) is 0 Å². The number of hydrogen-bond donors (Lipinski definition) is 1. The molecule has 1 aromatic carbocycles. The molecular weight excluding hydrogens is 306 g/mol. The zero-order valence-corrected chi connectivity index (χ0v) is 15.1. The summed E-state index contributed by atoms with van der Waals surface area (Å²) in [4.78, 5) is 31.8. The molecule has 7 heteroatoms. The highest BCUT2D eigenvalue weighted by Gasteiger charge is 2.16. The summed E-state index contributed by atoms with van der Waals surface area (Å²) in [5.74, 6) is 0.707. The van der Waals surface area contributed by atoms with Gasteiger partial charge < -0.3 is 19.7 Å². The lowest BCUT2D eigenvalue weighted by Crippen LogP contribution is -2.40. The normalized spacial score (nSPS) is 11.0. The molecule has 1 aromatic heterocycles. The maximum Gasteiger partial charge on any atom is 0.317 e. The quantitative estimate of drug-likeness (QED) is 0.929. The second kappa shape index (κ2) is 6.90. The van der Waals surface area contributed by atoms with E-state index in [4.69, 9.17) is 0 Å². The van der Waals surface area contributed by atoms with Gasteiger partial charge in [-0.3, -0.25) is 4.79 Å². The van der Waals surface area contributed by atoms with Gasteiger partial charge in [0.1, 0.15) is 5.82 Å². The first-order valence-corrected chi connectivity index (χ1v) is 7.89. The van der Waals surface area contributed by atoms with Crippen LogP contribution in [0, 0.1) is 0 Å². The van der Waals surface area contributed by atoms with E-state index < -0.39 is 0 Å². The van der Waals surface area contributed by atoms with Crippen LogP contribution in [-0.4, -0.2) is 58.5 Å². The molecule has 2 aromatic rings. The number of carbonyl (C=O) groups excluding carboxylic acids is 2. The molecule has 0 saturated carbocycles. The first-order valence-electron chi connectivity index (χ1n) is 7.89. The number of amides is 3. The van der Waals surface area contributed by atoms with Crippen molar-refractivity contribution in [1.82, 2.24) is 24.7 Å². The minimum atomic E-state index is -0.138. The smallest absolute Gasteiger partial charge is 0.317 e. The highest BCUT2D eigenvalue weighted by atomic mass is 16.2. The Morgan fingerprint density at radius 1 is 1.25 bits per heavy atom. The molecule has 0 unspecified atom stereocenters. The van der Waals surface area contributed by atoms with Crippen LogP contribution in [0.25, 0.3) is 11.0 Å². The summed E-state index contributed by atoms with van der Waals surface area (Å²) in [5.41, 5.74) is 2.28. The van der Waals surface area contributed by atoms with Gasteiger partial charge in [0, 0.05) is 39.8 Å². The molecule has 24 heavy (non-hydrogen) atoms. The van der Waals surface area contributed by atoms with Crippen LogP contribution >= 0.6 is 0 Å². The average Bonchev–Trinajstić information content (AvgIpc) is 2.81. The Morgan fingerprint density at radius 3 is 2.50 bits per heavy atom. The van der Waals surface area contributed by atoms with Crippen molar-refractivity contribution in [2.45, 2.75) is 26.4 Å². The molecule has 1 N–H and O–H groups in total. The Balaban J connectivity index is 2.27. The summed E-state index contributed by atoms with van der Waals surface area (Å²) in [7, 11) is 7.09. The molecule has 2 rings (SSSR count). The van der Waals surface area contributed by atoms with E-state index in [9.17, 15) is 9.59 Å². The minimum Gasteiger partial charge on any atom is -0.345 e. The zero-order valence-electron chi connectivity index (χ0n) is 15.1. The molecule has 0 saturated heterocycles. The highest BCUT2D eigenvalue weighted by Crippen LogP contribution is 2.18. The number of benzene rings is 1. The lowest BCUT2D eigenvalue weighted by Gasteiger charge is -2.19. The van der Waals surface area contributed by atoms with Gasteiger partial charge in [0.25, 0.3) is 5.91 Å². The van der Waals surface area contributed by atoms with Crippen LogP contribution in [0.2, 0.25) is 0 Å². The zero-order chi connectivity index (χ0) is 18.0. The number of aryl methyl sites for hydroxylation is 1. The van der Waals surface area contributed by atoms with E-state index in [2.05, 4.69) is 10.3 Å². The van der Waals surface area contributed by atoms with Crippen LogP contribution in [0.5, 0.6) is 0 Å². The Bertz CT molecular complexity index is 764. The van der Waals surface area contributed by atoms with Crippen molar-refractivity contribution >= 4 is 23.0 Å². The van der Waals surface area contributed by atoms with Gasteiger partial charge in [-0.2, -0.15) is 0 Å². The third-order valence-electron chi connectivity index (χ3n) is 3.76. The lowest BCUT2D eigenvalue weighted by atomic mass is 10.2. The van der Waals surface area contributed by atoms with Gasteiger partial charge in [0.05, 0.1) is 17.6 Å². The minimum absolute atomic E-state index is 0.0578. The van der Waals surface area contributed by atoms with E-state index in [-0.39, 0.29) is 18.0 Å². The molecule has 0 fully saturated rings. The standard InChI is InChI=1S/C17H25N5O2/c1-11(2)18-17(24)21(5)10-15-19-13-9-12(16(23)20(3)4)7-8-14(13)22(15)6/h7-9,11H,10H2,1-6H3,(H,18,24). The van der Waals surface area contributed by atoms with Gasteiger partial charge in [-0.15, -0.1) is 0 Å². The van der Waals surface area contributed by atoms with Gasteiger partial charge in [-0.1, -0.05) is 0 Å². The SMILES string of the molecule is CC(C)NC(=O)N(C)Cc1nc2cc(C(=O)N(C)C)ccc2n1C. The molecule has 1 heterocycles. The Morgan fingerprint density at radius 2 is 1.92 bits per heavy atom. The Labute approximate surface area is 142 Å². The first-order chi connectivity index (χ1) is 11.2. The van der Waals surface area contributed by atoms with E-state index in [1.165, 1.54) is 4.90 Å². The van der Waals surface area contributed by atoms with Crippen molar-refractivity contribution in [3.63, 3.8) is 0 Å². The van der Waals surface area contributed by atoms with Gasteiger partial charge in [0.2, 0.25) is 0 Å². The number of aromatic nitrogens is 2. The maximum atomic E-state index is 12.1. The summed E-state index contributed by atoms with van der Waals surface area (Å²) in [6, 6.07) is 5.41. The summed E-state index contributed by atoms with van der Waals surface area (Å²) in [6.07, 6.45) is 0. The third kappa shape index (κ3) is 3.67. The van der Waals surface area contributed by atoms with Gasteiger partial charge in [-0.05, 0) is 32.0 Å². The monoisotopic (exact) mass is 331 g/mol. The van der Waals surface area contributed by atoms with E-state index >= 15 is 0 Å². The van der Waals surface area contributed by atoms with Crippen molar-refractivity contribution in [1.29, 1.82) is 0 Å². The summed E-state index contributed by atoms with van der Waals surface area (Å²) < 4.78 is 1.94. The number of rotatable bonds is 4. The van der Waals surface area contributed by atoms with E-state index in [1.807, 2.05) is 31.5 Å². The van der Waals surface area contributed by atoms with E-state index in [1.54, 1.807) is 38.2 Å². The molecular formula is C17H25N5O2. The predicted molar refractivity (Wildman–Crippen MR) is 93.9 cm³/mol. The molecule has 0 aliphatic carbocycles. The molecule has 0 spiro atoms. The number of urea groups is 1. The average molecular weight is 331 g/mol. The highest BCUT2D eigenvalue weighted by molar-refractivity contribution is 5.97. The van der Waals surface area contributed by atoms with Gasteiger partial charge in [-0.25, -0.2) is 9.78 Å². The van der Waals surface area contributed by atoms with E-state index in [0.29, 0.717) is 12.1 Å². The van der Waals surface area contributed by atoms with Crippen LogP contribution in [0.4, 0.5) is 4.79 Å². The fourth-order valence-electron chi connectivity index (χ4n) is 2.42. The lowest BCUT2D eigenvalue weighted by molar-refractivity contribution is 0.0827. The third-order valence-corrected chi connectivity index (χ3v) is 3.76. The van der Waals surface area contributed by atoms with Crippen LogP contribution in [0.3, 0.4) is 0 Å². The predicted octanol–water partition coefficient (Wildman–Crippen LogP) is 1.82. The fourth-order valence-corrected chi connectivity index (χ4v) is 2.42. The van der Waals surface area contributed by atoms with Gasteiger partial charge in [0.15, 0.2) is 0 Å². The second-order valence-electron chi connectivity index (χ2n) is 6.45. The van der Waals surface area contributed by atoms with Crippen molar-refractivity contribution in [2.24, 2.45) is 7.05 Å². The Hall–Kier alpha value is -2.57. The van der Waals surface area contributed by atoms with Crippen molar-refractivity contribution < 1.29 is 9.59 Å². The van der Waals surface area contributed by atoms with Crippen molar-refractivity contribution in [2.75, 3.05) is 21.1 Å². The molecule has 0 bridgehead atoms. The maximum absolute atomic E-state index is 12.1. The molecule has 0 atom stereocenters. The molecule has 0 radical (unpaired) electrons. The van der Waals surface area contributed by atoms with Crippen LogP contribution in [-0.2, 0) is 13.6 Å². The molecule has 130 valence electrons. The summed E-state index contributed by atoms with van der Waals surface area (Å²) in [6.45, 7) is 4.23. The van der Waals surface area contributed by atoms with Crippen LogP contribution in [0.1, 0.15) is 30.0 Å². The van der Waals surface area contributed by atoms with Crippen LogP contribution < -0.4 is 5.32 Å². The molecule has 3 amide bonds. The van der Waals surface area contributed by atoms with E-state index in [0.717, 1.165) is 16.9 Å². The molecule has 0 aliphatic rings. The number of nitrogens with zero attached hydrogens (tertiary/aromatic N) is 4. The van der Waals surface area contributed by atoms with Gasteiger partial charge >= 0.3 is 6.03 Å². The second-order valence-corrected chi connectivity index (χ2v) is 6.45. The molecule has 0 aliphatic heterocycles. The topological polar surface area (TPSA) is 70.5 Å². The number of carbonyl (C=O) groups is 2. The Kier molecular flexibility index (Phi) is 5.11. The molecule has 7 nitrogen and oxygen atoms in total. The largest absolute Gasteiger partial charge is 0.345 e. The first kappa shape index (κ1) is 17.8. The summed E-state index contributed by atoms with van der Waals surface area (Å²) >= 11 is 0. The van der Waals surface area contributed by atoms with Crippen LogP contribution in [0.15, 0.2) is 18.2 Å². The number of imidazole rings is 1. The van der Waals surface area contributed by atoms with Crippen molar-refractivity contribution in [3.05, 3.63) is 29.6 Å². The number of fused-ring (bicyclic) bond motifs is 1. The number of nitrogens with one attached hydrogen (secondary N) is 1.